The zero-order chi connectivity index (χ0) is 14.9. The van der Waals surface area contributed by atoms with Crippen molar-refractivity contribution in [2.75, 3.05) is 11.9 Å². The second-order valence-electron chi connectivity index (χ2n) is 6.17. The molecule has 2 aliphatic rings. The molecule has 1 saturated carbocycles. The third kappa shape index (κ3) is 2.47. The van der Waals surface area contributed by atoms with Gasteiger partial charge in [0.15, 0.2) is 0 Å². The van der Waals surface area contributed by atoms with Gasteiger partial charge in [0.05, 0.1) is 11.0 Å². The predicted octanol–water partition coefficient (Wildman–Crippen LogP) is 2.96. The van der Waals surface area contributed by atoms with Crippen molar-refractivity contribution in [2.24, 2.45) is 11.1 Å². The van der Waals surface area contributed by atoms with E-state index in [4.69, 9.17) is 5.73 Å². The van der Waals surface area contributed by atoms with Crippen LogP contribution in [0.25, 0.3) is 0 Å². The van der Waals surface area contributed by atoms with E-state index >= 15 is 0 Å². The number of nitrogens with two attached hydrogens (primary N) is 1. The Morgan fingerprint density at radius 2 is 2.05 bits per heavy atom. The normalized spacial score (nSPS) is 19.8. The second-order valence-corrected chi connectivity index (χ2v) is 7.28. The Morgan fingerprint density at radius 3 is 2.67 bits per heavy atom. The molecule has 112 valence electrons. The molecule has 1 aromatic rings. The lowest BCUT2D eigenvalue weighted by atomic mass is 9.68. The first-order chi connectivity index (χ1) is 10.2. The molecule has 0 aliphatic heterocycles. The van der Waals surface area contributed by atoms with Crippen molar-refractivity contribution in [1.82, 2.24) is 0 Å². The number of rotatable bonds is 3. The standard InChI is InChI=1S/C16H21N3OS/c17-9-12-11-5-2-1-3-6-13(11)21-14(12)19-15(20)16(10-18)7-4-8-16/h1-8,10,18H2,(H,19,20). The van der Waals surface area contributed by atoms with Gasteiger partial charge in [-0.1, -0.05) is 12.8 Å². The zero-order valence-electron chi connectivity index (χ0n) is 12.2. The number of thiophene rings is 1. The average molecular weight is 303 g/mol. The number of hydrogen-bond donors (Lipinski definition) is 2. The van der Waals surface area contributed by atoms with E-state index in [0.717, 1.165) is 43.5 Å². The SMILES string of the molecule is N#Cc1c(NC(=O)C2(CN)CCC2)sc2c1CCCCC2. The Balaban J connectivity index is 1.86. The summed E-state index contributed by atoms with van der Waals surface area (Å²) in [5.41, 5.74) is 7.26. The smallest absolute Gasteiger partial charge is 0.232 e. The molecular weight excluding hydrogens is 282 g/mol. The van der Waals surface area contributed by atoms with E-state index in [1.165, 1.54) is 23.3 Å². The van der Waals surface area contributed by atoms with Gasteiger partial charge < -0.3 is 11.1 Å². The molecule has 21 heavy (non-hydrogen) atoms. The van der Waals surface area contributed by atoms with Crippen molar-refractivity contribution < 1.29 is 4.79 Å². The summed E-state index contributed by atoms with van der Waals surface area (Å²) >= 11 is 1.59. The van der Waals surface area contributed by atoms with E-state index in [-0.39, 0.29) is 5.91 Å². The van der Waals surface area contributed by atoms with E-state index in [0.29, 0.717) is 12.1 Å². The van der Waals surface area contributed by atoms with Crippen LogP contribution in [-0.4, -0.2) is 12.5 Å². The van der Waals surface area contributed by atoms with Crippen molar-refractivity contribution in [1.29, 1.82) is 5.26 Å². The summed E-state index contributed by atoms with van der Waals surface area (Å²) in [6.45, 7) is 0.395. The Morgan fingerprint density at radius 1 is 1.29 bits per heavy atom. The molecule has 0 radical (unpaired) electrons. The molecular formula is C16H21N3OS. The number of fused-ring (bicyclic) bond motifs is 1. The van der Waals surface area contributed by atoms with Gasteiger partial charge in [-0.2, -0.15) is 5.26 Å². The largest absolute Gasteiger partial charge is 0.329 e. The van der Waals surface area contributed by atoms with Crippen LogP contribution in [-0.2, 0) is 17.6 Å². The van der Waals surface area contributed by atoms with Crippen LogP contribution in [0.15, 0.2) is 0 Å². The van der Waals surface area contributed by atoms with Crippen molar-refractivity contribution >= 4 is 22.2 Å². The zero-order valence-corrected chi connectivity index (χ0v) is 13.0. The van der Waals surface area contributed by atoms with Crippen molar-refractivity contribution in [2.45, 2.75) is 51.4 Å². The number of nitriles is 1. The molecule has 1 heterocycles. The first-order valence-corrected chi connectivity index (χ1v) is 8.58. The Hall–Kier alpha value is -1.38. The van der Waals surface area contributed by atoms with Gasteiger partial charge in [-0.15, -0.1) is 11.3 Å². The molecule has 4 nitrogen and oxygen atoms in total. The lowest BCUT2D eigenvalue weighted by molar-refractivity contribution is -0.129. The van der Waals surface area contributed by atoms with Gasteiger partial charge in [0.25, 0.3) is 0 Å². The molecule has 1 amide bonds. The quantitative estimate of drug-likeness (QED) is 0.843. The minimum Gasteiger partial charge on any atom is -0.329 e. The van der Waals surface area contributed by atoms with Gasteiger partial charge in [0.2, 0.25) is 5.91 Å². The molecule has 0 atom stereocenters. The number of aryl methyl sites for hydroxylation is 1. The van der Waals surface area contributed by atoms with Gasteiger partial charge in [-0.05, 0) is 44.1 Å². The Bertz CT molecular complexity index is 590. The highest BCUT2D eigenvalue weighted by atomic mass is 32.1. The van der Waals surface area contributed by atoms with Crippen molar-refractivity contribution in [3.05, 3.63) is 16.0 Å². The number of nitrogens with zero attached hydrogens (tertiary/aromatic N) is 1. The summed E-state index contributed by atoms with van der Waals surface area (Å²) in [4.78, 5) is 13.8. The lowest BCUT2D eigenvalue weighted by Gasteiger charge is -2.38. The summed E-state index contributed by atoms with van der Waals surface area (Å²) < 4.78 is 0. The van der Waals surface area contributed by atoms with Crippen molar-refractivity contribution in [3.8, 4) is 6.07 Å². The predicted molar refractivity (Wildman–Crippen MR) is 84.3 cm³/mol. The maximum absolute atomic E-state index is 12.5. The highest BCUT2D eigenvalue weighted by molar-refractivity contribution is 7.16. The Kier molecular flexibility index (Phi) is 4.01. The van der Waals surface area contributed by atoms with Crippen LogP contribution in [0.4, 0.5) is 5.00 Å². The number of nitrogens with one attached hydrogen (secondary N) is 1. The monoisotopic (exact) mass is 303 g/mol. The summed E-state index contributed by atoms with van der Waals surface area (Å²) in [7, 11) is 0. The third-order valence-corrected chi connectivity index (χ3v) is 6.15. The van der Waals surface area contributed by atoms with E-state index in [2.05, 4.69) is 11.4 Å². The third-order valence-electron chi connectivity index (χ3n) is 4.94. The summed E-state index contributed by atoms with van der Waals surface area (Å²) in [5, 5.41) is 13.2. The summed E-state index contributed by atoms with van der Waals surface area (Å²) in [6, 6.07) is 2.31. The second kappa shape index (κ2) is 5.78. The highest BCUT2D eigenvalue weighted by Gasteiger charge is 2.43. The molecule has 0 saturated heterocycles. The molecule has 1 aromatic heterocycles. The molecule has 3 N–H and O–H groups in total. The molecule has 0 unspecified atom stereocenters. The van der Waals surface area contributed by atoms with Crippen LogP contribution >= 0.6 is 11.3 Å². The molecule has 3 rings (SSSR count). The number of anilines is 1. The molecule has 0 bridgehead atoms. The van der Waals surface area contributed by atoms with Crippen LogP contribution in [0, 0.1) is 16.7 Å². The number of carbonyl (C=O) groups is 1. The Labute approximate surface area is 129 Å². The minimum absolute atomic E-state index is 0.00385. The molecule has 0 aromatic carbocycles. The van der Waals surface area contributed by atoms with Gasteiger partial charge in [-0.25, -0.2) is 0 Å². The fraction of sp³-hybridized carbons (Fsp3) is 0.625. The van der Waals surface area contributed by atoms with Crippen LogP contribution in [0.2, 0.25) is 0 Å². The number of hydrogen-bond acceptors (Lipinski definition) is 4. The van der Waals surface area contributed by atoms with Gasteiger partial charge in [-0.3, -0.25) is 4.79 Å². The number of carbonyl (C=O) groups excluding carboxylic acids is 1. The van der Waals surface area contributed by atoms with E-state index in [1.54, 1.807) is 11.3 Å². The lowest BCUT2D eigenvalue weighted by Crippen LogP contribution is -2.47. The first-order valence-electron chi connectivity index (χ1n) is 7.76. The fourth-order valence-corrected chi connectivity index (χ4v) is 4.55. The maximum Gasteiger partial charge on any atom is 0.232 e. The van der Waals surface area contributed by atoms with Crippen molar-refractivity contribution in [3.63, 3.8) is 0 Å². The van der Waals surface area contributed by atoms with E-state index < -0.39 is 5.41 Å². The molecule has 0 spiro atoms. The number of amides is 1. The average Bonchev–Trinajstić information content (AvgIpc) is 2.59. The maximum atomic E-state index is 12.5. The van der Waals surface area contributed by atoms with Crippen LogP contribution in [0.1, 0.15) is 54.5 Å². The first kappa shape index (κ1) is 14.6. The highest BCUT2D eigenvalue weighted by Crippen LogP contribution is 2.43. The topological polar surface area (TPSA) is 78.9 Å². The molecule has 2 aliphatic carbocycles. The summed E-state index contributed by atoms with van der Waals surface area (Å²) in [6.07, 6.45) is 8.34. The fourth-order valence-electron chi connectivity index (χ4n) is 3.31. The van der Waals surface area contributed by atoms with Gasteiger partial charge >= 0.3 is 0 Å². The van der Waals surface area contributed by atoms with Crippen LogP contribution in [0.3, 0.4) is 0 Å². The van der Waals surface area contributed by atoms with E-state index in [1.807, 2.05) is 0 Å². The molecule has 1 fully saturated rings. The van der Waals surface area contributed by atoms with Gasteiger partial charge in [0, 0.05) is 11.4 Å². The minimum atomic E-state index is -0.395. The van der Waals surface area contributed by atoms with Crippen LogP contribution in [0.5, 0.6) is 0 Å². The van der Waals surface area contributed by atoms with Gasteiger partial charge in [0.1, 0.15) is 11.1 Å². The van der Waals surface area contributed by atoms with Crippen LogP contribution < -0.4 is 11.1 Å². The molecule has 5 heteroatoms. The summed E-state index contributed by atoms with van der Waals surface area (Å²) in [5.74, 6) is 0.00385. The van der Waals surface area contributed by atoms with E-state index in [9.17, 15) is 10.1 Å².